The maximum atomic E-state index is 12.9. The highest BCUT2D eigenvalue weighted by Gasteiger charge is 2.19. The lowest BCUT2D eigenvalue weighted by Gasteiger charge is -2.12. The number of amides is 1. The van der Waals surface area contributed by atoms with Gasteiger partial charge < -0.3 is 10.1 Å². The van der Waals surface area contributed by atoms with E-state index in [-0.39, 0.29) is 22.7 Å². The summed E-state index contributed by atoms with van der Waals surface area (Å²) in [5.74, 6) is 0.649. The molecule has 1 N–H and O–H groups in total. The second kappa shape index (κ2) is 8.97. The van der Waals surface area contributed by atoms with Crippen molar-refractivity contribution in [2.24, 2.45) is 14.1 Å². The summed E-state index contributed by atoms with van der Waals surface area (Å²) in [5, 5.41) is 5.23. The number of aryl methyl sites for hydroxylation is 1. The van der Waals surface area contributed by atoms with Gasteiger partial charge in [-0.2, -0.15) is 0 Å². The molecule has 0 fully saturated rings. The van der Waals surface area contributed by atoms with Crippen LogP contribution in [0.5, 0.6) is 5.75 Å². The van der Waals surface area contributed by atoms with Gasteiger partial charge in [-0.05, 0) is 23.6 Å². The van der Waals surface area contributed by atoms with Crippen molar-refractivity contribution < 1.29 is 9.53 Å². The van der Waals surface area contributed by atoms with Gasteiger partial charge in [0.2, 0.25) is 5.91 Å². The van der Waals surface area contributed by atoms with Crippen molar-refractivity contribution in [2.45, 2.75) is 5.03 Å². The molecule has 0 spiro atoms. The van der Waals surface area contributed by atoms with E-state index in [4.69, 9.17) is 4.74 Å². The standard InChI is InChI=1S/C21H19N5O4S2/c1-25-18-16(20(28)26(2)21(25)29)19(24-17(23-18)14-9-6-10-31-14)32-11-15(27)22-12-7-4-5-8-13(12)30-3/h4-10H,11H2,1-3H3,(H,22,27). The number of hydrogen-bond donors (Lipinski definition) is 1. The number of nitrogens with zero attached hydrogens (tertiary/aromatic N) is 4. The van der Waals surface area contributed by atoms with Crippen LogP contribution in [-0.4, -0.2) is 37.9 Å². The Morgan fingerprint density at radius 3 is 2.62 bits per heavy atom. The Morgan fingerprint density at radius 1 is 1.12 bits per heavy atom. The van der Waals surface area contributed by atoms with E-state index in [2.05, 4.69) is 15.3 Å². The number of hydrogen-bond acceptors (Lipinski definition) is 8. The average molecular weight is 470 g/mol. The number of anilines is 1. The lowest BCUT2D eigenvalue weighted by Crippen LogP contribution is -2.37. The van der Waals surface area contributed by atoms with E-state index in [1.165, 1.54) is 30.1 Å². The Labute approximate surface area is 190 Å². The first-order valence-corrected chi connectivity index (χ1v) is 11.3. The van der Waals surface area contributed by atoms with Crippen molar-refractivity contribution >= 4 is 45.7 Å². The summed E-state index contributed by atoms with van der Waals surface area (Å²) < 4.78 is 7.58. The highest BCUT2D eigenvalue weighted by molar-refractivity contribution is 8.00. The van der Waals surface area contributed by atoms with Crippen molar-refractivity contribution in [3.8, 4) is 16.5 Å². The Morgan fingerprint density at radius 2 is 1.91 bits per heavy atom. The molecule has 11 heteroatoms. The van der Waals surface area contributed by atoms with Gasteiger partial charge in [-0.25, -0.2) is 14.8 Å². The predicted molar refractivity (Wildman–Crippen MR) is 126 cm³/mol. The van der Waals surface area contributed by atoms with E-state index in [1.807, 2.05) is 23.6 Å². The number of methoxy groups -OCH3 is 1. The van der Waals surface area contributed by atoms with Crippen LogP contribution in [0.15, 0.2) is 56.4 Å². The smallest absolute Gasteiger partial charge is 0.332 e. The number of nitrogens with one attached hydrogen (secondary N) is 1. The molecule has 0 aliphatic carbocycles. The summed E-state index contributed by atoms with van der Waals surface area (Å²) in [6.45, 7) is 0. The fourth-order valence-corrected chi connectivity index (χ4v) is 4.59. The molecule has 0 aliphatic rings. The molecule has 4 aromatic rings. The molecule has 0 unspecified atom stereocenters. The van der Waals surface area contributed by atoms with Crippen LogP contribution in [0.4, 0.5) is 5.69 Å². The molecule has 9 nitrogen and oxygen atoms in total. The van der Waals surface area contributed by atoms with Crippen LogP contribution in [0.2, 0.25) is 0 Å². The number of carbonyl (C=O) groups is 1. The predicted octanol–water partition coefficient (Wildman–Crippen LogP) is 2.50. The minimum absolute atomic E-state index is 0.0000371. The van der Waals surface area contributed by atoms with Gasteiger partial charge in [0, 0.05) is 14.1 Å². The molecule has 3 aromatic heterocycles. The van der Waals surface area contributed by atoms with Crippen LogP contribution in [0.25, 0.3) is 21.7 Å². The number of ether oxygens (including phenoxy) is 1. The average Bonchev–Trinajstić information content (AvgIpc) is 3.35. The molecule has 0 saturated heterocycles. The maximum absolute atomic E-state index is 12.9. The molecule has 1 amide bonds. The van der Waals surface area contributed by atoms with Crippen LogP contribution in [-0.2, 0) is 18.9 Å². The molecule has 32 heavy (non-hydrogen) atoms. The van der Waals surface area contributed by atoms with E-state index < -0.39 is 11.2 Å². The van der Waals surface area contributed by atoms with Gasteiger partial charge in [0.1, 0.15) is 16.2 Å². The second-order valence-corrected chi connectivity index (χ2v) is 8.68. The lowest BCUT2D eigenvalue weighted by atomic mass is 10.3. The summed E-state index contributed by atoms with van der Waals surface area (Å²) >= 11 is 2.55. The van der Waals surface area contributed by atoms with Gasteiger partial charge >= 0.3 is 5.69 Å². The van der Waals surface area contributed by atoms with E-state index in [1.54, 1.807) is 25.2 Å². The fourth-order valence-electron chi connectivity index (χ4n) is 3.12. The SMILES string of the molecule is COc1ccccc1NC(=O)CSc1nc(-c2cccs2)nc2c1c(=O)n(C)c(=O)n2C. The van der Waals surface area contributed by atoms with E-state index in [9.17, 15) is 14.4 Å². The summed E-state index contributed by atoms with van der Waals surface area (Å²) in [7, 11) is 4.48. The van der Waals surface area contributed by atoms with Crippen molar-refractivity contribution in [1.29, 1.82) is 0 Å². The Hall–Kier alpha value is -3.44. The number of thiophene rings is 1. The third-order valence-electron chi connectivity index (χ3n) is 4.73. The quantitative estimate of drug-likeness (QED) is 0.341. The number of benzene rings is 1. The zero-order valence-electron chi connectivity index (χ0n) is 17.5. The molecule has 1 aromatic carbocycles. The molecule has 0 saturated carbocycles. The van der Waals surface area contributed by atoms with Gasteiger partial charge in [-0.15, -0.1) is 11.3 Å². The van der Waals surface area contributed by atoms with Crippen molar-refractivity contribution in [1.82, 2.24) is 19.1 Å². The summed E-state index contributed by atoms with van der Waals surface area (Å²) in [6.07, 6.45) is 0. The summed E-state index contributed by atoms with van der Waals surface area (Å²) in [4.78, 5) is 47.7. The highest BCUT2D eigenvalue weighted by Crippen LogP contribution is 2.29. The molecular formula is C21H19N5O4S2. The minimum atomic E-state index is -0.506. The van der Waals surface area contributed by atoms with Gasteiger partial charge in [0.25, 0.3) is 5.56 Å². The summed E-state index contributed by atoms with van der Waals surface area (Å²) in [6, 6.07) is 10.8. The molecule has 4 rings (SSSR count). The number of aromatic nitrogens is 4. The molecule has 3 heterocycles. The van der Waals surface area contributed by atoms with Gasteiger partial charge in [-0.3, -0.25) is 18.7 Å². The normalized spacial score (nSPS) is 11.0. The molecule has 0 aliphatic heterocycles. The zero-order valence-corrected chi connectivity index (χ0v) is 19.1. The Balaban J connectivity index is 1.73. The van der Waals surface area contributed by atoms with E-state index in [0.717, 1.165) is 21.2 Å². The van der Waals surface area contributed by atoms with E-state index in [0.29, 0.717) is 22.3 Å². The molecule has 0 atom stereocenters. The largest absolute Gasteiger partial charge is 0.495 e. The lowest BCUT2D eigenvalue weighted by molar-refractivity contribution is -0.113. The number of para-hydroxylation sites is 2. The molecule has 0 radical (unpaired) electrons. The molecule has 0 bridgehead atoms. The van der Waals surface area contributed by atoms with Crippen LogP contribution in [0.1, 0.15) is 0 Å². The topological polar surface area (TPSA) is 108 Å². The van der Waals surface area contributed by atoms with Crippen LogP contribution < -0.4 is 21.3 Å². The Kier molecular flexibility index (Phi) is 6.10. The zero-order chi connectivity index (χ0) is 22.8. The number of rotatable bonds is 6. The second-order valence-electron chi connectivity index (χ2n) is 6.77. The van der Waals surface area contributed by atoms with Crippen molar-refractivity contribution in [3.05, 3.63) is 62.6 Å². The molecular weight excluding hydrogens is 450 g/mol. The van der Waals surface area contributed by atoms with Gasteiger partial charge in [-0.1, -0.05) is 30.0 Å². The maximum Gasteiger partial charge on any atom is 0.332 e. The summed E-state index contributed by atoms with van der Waals surface area (Å²) in [5.41, 5.74) is -0.216. The van der Waals surface area contributed by atoms with Crippen molar-refractivity contribution in [2.75, 3.05) is 18.2 Å². The molecule has 164 valence electrons. The van der Waals surface area contributed by atoms with Crippen LogP contribution in [0, 0.1) is 0 Å². The van der Waals surface area contributed by atoms with Crippen molar-refractivity contribution in [3.63, 3.8) is 0 Å². The van der Waals surface area contributed by atoms with Gasteiger partial charge in [0.05, 0.1) is 23.4 Å². The number of thioether (sulfide) groups is 1. The fraction of sp³-hybridized carbons (Fsp3) is 0.190. The van der Waals surface area contributed by atoms with E-state index >= 15 is 0 Å². The Bertz CT molecular complexity index is 1430. The third-order valence-corrected chi connectivity index (χ3v) is 6.57. The minimum Gasteiger partial charge on any atom is -0.495 e. The highest BCUT2D eigenvalue weighted by atomic mass is 32.2. The monoisotopic (exact) mass is 469 g/mol. The van der Waals surface area contributed by atoms with Gasteiger partial charge in [0.15, 0.2) is 11.5 Å². The van der Waals surface area contributed by atoms with Crippen LogP contribution >= 0.6 is 23.1 Å². The third kappa shape index (κ3) is 4.04. The first-order chi connectivity index (χ1) is 15.4. The number of fused-ring (bicyclic) bond motifs is 1. The van der Waals surface area contributed by atoms with Crippen LogP contribution in [0.3, 0.4) is 0 Å². The first-order valence-electron chi connectivity index (χ1n) is 9.48. The number of carbonyl (C=O) groups excluding carboxylic acids is 1. The first kappa shape index (κ1) is 21.8.